The molecule has 2 rings (SSSR count). The molecule has 1 aliphatic carbocycles. The number of rotatable bonds is 3. The molecule has 0 heterocycles. The van der Waals surface area contributed by atoms with Crippen LogP contribution in [0.5, 0.6) is 0 Å². The Kier molecular flexibility index (Phi) is 3.66. The Balaban J connectivity index is 2.37. The Morgan fingerprint density at radius 1 is 1.39 bits per heavy atom. The van der Waals surface area contributed by atoms with Gasteiger partial charge >= 0.3 is 0 Å². The minimum atomic E-state index is -1.65. The number of methoxy groups -OCH3 is 1. The summed E-state index contributed by atoms with van der Waals surface area (Å²) in [5.41, 5.74) is 0.508. The maximum atomic E-state index is 12.3. The lowest BCUT2D eigenvalue weighted by atomic mass is 9.86. The van der Waals surface area contributed by atoms with Gasteiger partial charge in [-0.1, -0.05) is 41.9 Å². The lowest BCUT2D eigenvalue weighted by Crippen LogP contribution is -2.42. The molecule has 0 aliphatic heterocycles. The summed E-state index contributed by atoms with van der Waals surface area (Å²) in [4.78, 5) is 12.3. The molecule has 1 aliphatic rings. The first-order chi connectivity index (χ1) is 8.57. The third kappa shape index (κ3) is 2.38. The highest BCUT2D eigenvalue weighted by molar-refractivity contribution is 6.31. The molecule has 94 valence electrons. The van der Waals surface area contributed by atoms with Crippen molar-refractivity contribution in [1.82, 2.24) is 0 Å². The standard InChI is InChI=1S/C14H13ClO3/c1-18-14(17)8-7-11(15)9-12(14)13(16)10-5-3-2-4-6-10/h2-9,12,17H,1H3. The van der Waals surface area contributed by atoms with Crippen molar-refractivity contribution in [2.45, 2.75) is 5.79 Å². The second-order valence-electron chi connectivity index (χ2n) is 4.05. The Morgan fingerprint density at radius 2 is 2.06 bits per heavy atom. The summed E-state index contributed by atoms with van der Waals surface area (Å²) in [6.07, 6.45) is 4.40. The van der Waals surface area contributed by atoms with Crippen molar-refractivity contribution < 1.29 is 14.6 Å². The maximum Gasteiger partial charge on any atom is 0.199 e. The number of hydrogen-bond acceptors (Lipinski definition) is 3. The summed E-state index contributed by atoms with van der Waals surface area (Å²) < 4.78 is 5.03. The van der Waals surface area contributed by atoms with Gasteiger partial charge in [0.1, 0.15) is 0 Å². The summed E-state index contributed by atoms with van der Waals surface area (Å²) >= 11 is 5.88. The van der Waals surface area contributed by atoms with Gasteiger partial charge in [-0.2, -0.15) is 0 Å². The highest BCUT2D eigenvalue weighted by atomic mass is 35.5. The van der Waals surface area contributed by atoms with Gasteiger partial charge in [0.25, 0.3) is 0 Å². The van der Waals surface area contributed by atoms with E-state index in [-0.39, 0.29) is 5.78 Å². The van der Waals surface area contributed by atoms with Gasteiger partial charge in [0.05, 0.1) is 5.92 Å². The van der Waals surface area contributed by atoms with E-state index in [0.29, 0.717) is 10.6 Å². The van der Waals surface area contributed by atoms with Crippen LogP contribution in [0.4, 0.5) is 0 Å². The third-order valence-electron chi connectivity index (χ3n) is 2.92. The second-order valence-corrected chi connectivity index (χ2v) is 4.49. The highest BCUT2D eigenvalue weighted by Gasteiger charge is 2.40. The number of ketones is 1. The van der Waals surface area contributed by atoms with E-state index >= 15 is 0 Å². The van der Waals surface area contributed by atoms with Crippen LogP contribution in [0.25, 0.3) is 0 Å². The molecule has 18 heavy (non-hydrogen) atoms. The van der Waals surface area contributed by atoms with Crippen LogP contribution in [-0.2, 0) is 4.74 Å². The van der Waals surface area contributed by atoms with Crippen molar-refractivity contribution in [3.63, 3.8) is 0 Å². The molecule has 0 fully saturated rings. The fraction of sp³-hybridized carbons (Fsp3) is 0.214. The fourth-order valence-electron chi connectivity index (χ4n) is 1.88. The summed E-state index contributed by atoms with van der Waals surface area (Å²) in [7, 11) is 1.35. The van der Waals surface area contributed by atoms with E-state index in [1.54, 1.807) is 24.3 Å². The van der Waals surface area contributed by atoms with Crippen molar-refractivity contribution >= 4 is 17.4 Å². The van der Waals surface area contributed by atoms with Gasteiger partial charge in [-0.3, -0.25) is 4.79 Å². The van der Waals surface area contributed by atoms with Crippen molar-refractivity contribution in [1.29, 1.82) is 0 Å². The molecule has 0 radical (unpaired) electrons. The summed E-state index contributed by atoms with van der Waals surface area (Å²) in [5.74, 6) is -2.73. The zero-order valence-electron chi connectivity index (χ0n) is 9.84. The van der Waals surface area contributed by atoms with E-state index in [1.165, 1.54) is 25.3 Å². The van der Waals surface area contributed by atoms with E-state index in [4.69, 9.17) is 16.3 Å². The molecule has 1 N–H and O–H groups in total. The molecule has 0 aromatic heterocycles. The summed E-state index contributed by atoms with van der Waals surface area (Å²) in [5, 5.41) is 10.7. The topological polar surface area (TPSA) is 46.5 Å². The third-order valence-corrected chi connectivity index (χ3v) is 3.17. The van der Waals surface area contributed by atoms with Gasteiger partial charge in [-0.15, -0.1) is 0 Å². The van der Waals surface area contributed by atoms with Crippen molar-refractivity contribution in [3.8, 4) is 0 Å². The number of allylic oxidation sites excluding steroid dienone is 2. The Morgan fingerprint density at radius 3 is 2.67 bits per heavy atom. The smallest absolute Gasteiger partial charge is 0.199 e. The largest absolute Gasteiger partial charge is 0.361 e. The lowest BCUT2D eigenvalue weighted by Gasteiger charge is -2.31. The molecular weight excluding hydrogens is 252 g/mol. The maximum absolute atomic E-state index is 12.3. The number of carbonyl (C=O) groups is 1. The molecule has 4 heteroatoms. The minimum Gasteiger partial charge on any atom is -0.361 e. The van der Waals surface area contributed by atoms with E-state index in [0.717, 1.165) is 0 Å². The predicted molar refractivity (Wildman–Crippen MR) is 69.3 cm³/mol. The van der Waals surface area contributed by atoms with Gasteiger partial charge in [0.15, 0.2) is 11.6 Å². The molecule has 2 atom stereocenters. The Hall–Kier alpha value is -1.42. The fourth-order valence-corrected chi connectivity index (χ4v) is 2.07. The molecule has 2 unspecified atom stereocenters. The molecule has 0 amide bonds. The number of halogens is 1. The predicted octanol–water partition coefficient (Wildman–Crippen LogP) is 2.51. The van der Waals surface area contributed by atoms with Crippen LogP contribution >= 0.6 is 11.6 Å². The van der Waals surface area contributed by atoms with Crippen molar-refractivity contribution in [3.05, 3.63) is 59.2 Å². The summed E-state index contributed by atoms with van der Waals surface area (Å²) in [6, 6.07) is 8.74. The molecular formula is C14H13ClO3. The van der Waals surface area contributed by atoms with E-state index in [1.807, 2.05) is 6.07 Å². The van der Waals surface area contributed by atoms with Crippen LogP contribution in [0.2, 0.25) is 0 Å². The van der Waals surface area contributed by atoms with Crippen LogP contribution in [0, 0.1) is 5.92 Å². The van der Waals surface area contributed by atoms with Crippen LogP contribution < -0.4 is 0 Å². The molecule has 1 aromatic rings. The van der Waals surface area contributed by atoms with Gasteiger partial charge in [0.2, 0.25) is 0 Å². The first-order valence-corrected chi connectivity index (χ1v) is 5.88. The number of carbonyl (C=O) groups excluding carboxylic acids is 1. The van der Waals surface area contributed by atoms with Gasteiger partial charge in [0, 0.05) is 17.7 Å². The first-order valence-electron chi connectivity index (χ1n) is 5.50. The second kappa shape index (κ2) is 5.06. The van der Waals surface area contributed by atoms with Gasteiger partial charge in [-0.05, 0) is 18.2 Å². The molecule has 1 aromatic carbocycles. The van der Waals surface area contributed by atoms with E-state index in [9.17, 15) is 9.90 Å². The summed E-state index contributed by atoms with van der Waals surface area (Å²) in [6.45, 7) is 0. The van der Waals surface area contributed by atoms with E-state index in [2.05, 4.69) is 0 Å². The van der Waals surface area contributed by atoms with Crippen molar-refractivity contribution in [2.24, 2.45) is 5.92 Å². The van der Waals surface area contributed by atoms with Crippen LogP contribution in [0.15, 0.2) is 53.6 Å². The average Bonchev–Trinajstić information content (AvgIpc) is 2.42. The number of Topliss-reactive ketones (excluding diaryl/α,β-unsaturated/α-hetero) is 1. The lowest BCUT2D eigenvalue weighted by molar-refractivity contribution is -0.162. The molecule has 0 bridgehead atoms. The average molecular weight is 265 g/mol. The normalized spacial score (nSPS) is 26.8. The number of hydrogen-bond donors (Lipinski definition) is 1. The van der Waals surface area contributed by atoms with Crippen molar-refractivity contribution in [2.75, 3.05) is 7.11 Å². The van der Waals surface area contributed by atoms with E-state index < -0.39 is 11.7 Å². The van der Waals surface area contributed by atoms with Crippen LogP contribution in [-0.4, -0.2) is 23.8 Å². The van der Waals surface area contributed by atoms with Crippen LogP contribution in [0.3, 0.4) is 0 Å². The Labute approximate surface area is 110 Å². The van der Waals surface area contributed by atoms with Crippen LogP contribution in [0.1, 0.15) is 10.4 Å². The SMILES string of the molecule is COC1(O)C=CC(Cl)=CC1C(=O)c1ccccc1. The zero-order valence-corrected chi connectivity index (χ0v) is 10.6. The van der Waals surface area contributed by atoms with Gasteiger partial charge < -0.3 is 9.84 Å². The molecule has 0 saturated carbocycles. The first kappa shape index (κ1) is 13.0. The molecule has 0 spiro atoms. The number of ether oxygens (including phenoxy) is 1. The zero-order chi connectivity index (χ0) is 13.2. The quantitative estimate of drug-likeness (QED) is 0.674. The monoisotopic (exact) mass is 264 g/mol. The number of benzene rings is 1. The Bertz CT molecular complexity index is 507. The molecule has 0 saturated heterocycles. The number of aliphatic hydroxyl groups is 1. The molecule has 3 nitrogen and oxygen atoms in total. The minimum absolute atomic E-state index is 0.234. The van der Waals surface area contributed by atoms with Gasteiger partial charge in [-0.25, -0.2) is 0 Å². The highest BCUT2D eigenvalue weighted by Crippen LogP contribution is 2.31.